The highest BCUT2D eigenvalue weighted by atomic mass is 19.4. The maximum atomic E-state index is 13.5. The van der Waals surface area contributed by atoms with E-state index in [1.165, 1.54) is 12.1 Å². The van der Waals surface area contributed by atoms with Crippen molar-refractivity contribution in [3.8, 4) is 6.07 Å². The fourth-order valence-corrected chi connectivity index (χ4v) is 4.62. The van der Waals surface area contributed by atoms with E-state index in [0.717, 1.165) is 43.6 Å². The van der Waals surface area contributed by atoms with Gasteiger partial charge in [-0.15, -0.1) is 0 Å². The molecule has 0 aliphatic carbocycles. The Morgan fingerprint density at radius 2 is 1.91 bits per heavy atom. The number of piperidine rings is 1. The lowest BCUT2D eigenvalue weighted by molar-refractivity contribution is -0.137. The maximum Gasteiger partial charge on any atom is 0.416 e. The minimum Gasteiger partial charge on any atom is -0.374 e. The average Bonchev–Trinajstić information content (AvgIpc) is 3.29. The number of ether oxygens (including phenoxy) is 1. The van der Waals surface area contributed by atoms with Crippen molar-refractivity contribution in [2.24, 2.45) is 5.92 Å². The maximum absolute atomic E-state index is 13.5. The highest BCUT2D eigenvalue weighted by Gasteiger charge is 2.35. The molecule has 2 aliphatic heterocycles. The number of nitriles is 1. The van der Waals surface area contributed by atoms with E-state index in [2.05, 4.69) is 16.4 Å². The monoisotopic (exact) mass is 462 g/mol. The van der Waals surface area contributed by atoms with Crippen LogP contribution in [0.4, 0.5) is 23.4 Å². The Morgan fingerprint density at radius 3 is 2.55 bits per heavy atom. The molecular formula is C24H26F4N4O. The van der Waals surface area contributed by atoms with Gasteiger partial charge in [0.15, 0.2) is 0 Å². The SMILES string of the molecule is N#CC1CCN(c2cc(C(F)(F)F)cc(COCC3(c4ccc(F)cc4)CCNCC3)n2)C1. The highest BCUT2D eigenvalue weighted by Crippen LogP contribution is 2.36. The molecule has 5 nitrogen and oxygen atoms in total. The molecule has 1 aromatic heterocycles. The summed E-state index contributed by atoms with van der Waals surface area (Å²) in [5.41, 5.74) is 0.0472. The standard InChI is InChI=1S/C24H26F4N4O/c25-20-3-1-18(2-4-20)23(6-8-30-9-7-23)16-33-15-21-11-19(24(26,27)28)12-22(31-21)32-10-5-17(13-29)14-32/h1-4,11-12,17,30H,5-10,14-16H2. The number of halogens is 4. The van der Waals surface area contributed by atoms with Crippen LogP contribution in [0.5, 0.6) is 0 Å². The van der Waals surface area contributed by atoms with Gasteiger partial charge in [0.2, 0.25) is 0 Å². The van der Waals surface area contributed by atoms with E-state index in [-0.39, 0.29) is 35.3 Å². The first kappa shape index (κ1) is 23.5. The molecule has 0 radical (unpaired) electrons. The molecule has 176 valence electrons. The molecule has 4 rings (SSSR count). The Balaban J connectivity index is 1.52. The average molecular weight is 462 g/mol. The van der Waals surface area contributed by atoms with Gasteiger partial charge >= 0.3 is 6.18 Å². The quantitative estimate of drug-likeness (QED) is 0.644. The number of anilines is 1. The fraction of sp³-hybridized carbons (Fsp3) is 0.500. The van der Waals surface area contributed by atoms with Gasteiger partial charge in [-0.2, -0.15) is 18.4 Å². The van der Waals surface area contributed by atoms with E-state index in [1.54, 1.807) is 17.0 Å². The summed E-state index contributed by atoms with van der Waals surface area (Å²) in [7, 11) is 0. The van der Waals surface area contributed by atoms with E-state index in [9.17, 15) is 17.6 Å². The highest BCUT2D eigenvalue weighted by molar-refractivity contribution is 5.45. The van der Waals surface area contributed by atoms with Crippen molar-refractivity contribution in [2.75, 3.05) is 37.7 Å². The number of aromatic nitrogens is 1. The molecule has 1 aromatic carbocycles. The third-order valence-electron chi connectivity index (χ3n) is 6.53. The number of rotatable bonds is 6. The summed E-state index contributed by atoms with van der Waals surface area (Å²) in [4.78, 5) is 6.14. The van der Waals surface area contributed by atoms with Gasteiger partial charge in [0.05, 0.1) is 36.5 Å². The normalized spacial score (nSPS) is 20.6. The number of nitrogens with zero attached hydrogens (tertiary/aromatic N) is 3. The van der Waals surface area contributed by atoms with Crippen LogP contribution in [0.1, 0.15) is 36.1 Å². The van der Waals surface area contributed by atoms with Crippen molar-refractivity contribution in [1.29, 1.82) is 5.26 Å². The van der Waals surface area contributed by atoms with E-state index in [4.69, 9.17) is 10.00 Å². The van der Waals surface area contributed by atoms with Crippen LogP contribution in [-0.4, -0.2) is 37.8 Å². The second-order valence-electron chi connectivity index (χ2n) is 8.79. The van der Waals surface area contributed by atoms with Crippen molar-refractivity contribution in [3.63, 3.8) is 0 Å². The summed E-state index contributed by atoms with van der Waals surface area (Å²) in [5.74, 6) is -0.308. The van der Waals surface area contributed by atoms with Gasteiger partial charge in [0.25, 0.3) is 0 Å². The van der Waals surface area contributed by atoms with Crippen LogP contribution in [0.25, 0.3) is 0 Å². The predicted molar refractivity (Wildman–Crippen MR) is 115 cm³/mol. The first-order chi connectivity index (χ1) is 15.8. The number of benzene rings is 1. The summed E-state index contributed by atoms with van der Waals surface area (Å²) in [5, 5.41) is 12.4. The van der Waals surface area contributed by atoms with Gasteiger partial charge in [-0.3, -0.25) is 0 Å². The molecule has 9 heteroatoms. The summed E-state index contributed by atoms with van der Waals surface area (Å²) >= 11 is 0. The Labute approximate surface area is 190 Å². The summed E-state index contributed by atoms with van der Waals surface area (Å²) < 4.78 is 60.0. The van der Waals surface area contributed by atoms with Crippen LogP contribution < -0.4 is 10.2 Å². The van der Waals surface area contributed by atoms with Crippen molar-refractivity contribution in [2.45, 2.75) is 37.5 Å². The number of nitrogens with one attached hydrogen (secondary N) is 1. The van der Waals surface area contributed by atoms with E-state index < -0.39 is 11.7 Å². The van der Waals surface area contributed by atoms with Gasteiger partial charge in [-0.25, -0.2) is 9.37 Å². The molecular weight excluding hydrogens is 436 g/mol. The van der Waals surface area contributed by atoms with Gasteiger partial charge in [0, 0.05) is 18.5 Å². The molecule has 2 saturated heterocycles. The molecule has 0 saturated carbocycles. The van der Waals surface area contributed by atoms with Crippen molar-refractivity contribution in [3.05, 3.63) is 59.0 Å². The number of hydrogen-bond donors (Lipinski definition) is 1. The molecule has 1 N–H and O–H groups in total. The van der Waals surface area contributed by atoms with Crippen LogP contribution in [0.3, 0.4) is 0 Å². The van der Waals surface area contributed by atoms with Gasteiger partial charge < -0.3 is 15.0 Å². The number of alkyl halides is 3. The van der Waals surface area contributed by atoms with Gasteiger partial charge in [-0.05, 0) is 62.2 Å². The fourth-order valence-electron chi connectivity index (χ4n) is 4.62. The summed E-state index contributed by atoms with van der Waals surface area (Å²) in [6.45, 7) is 2.65. The zero-order chi connectivity index (χ0) is 23.5. The lowest BCUT2D eigenvalue weighted by atomic mass is 9.74. The van der Waals surface area contributed by atoms with E-state index in [0.29, 0.717) is 26.1 Å². The van der Waals surface area contributed by atoms with Crippen LogP contribution >= 0.6 is 0 Å². The molecule has 0 bridgehead atoms. The largest absolute Gasteiger partial charge is 0.416 e. The lowest BCUT2D eigenvalue weighted by Gasteiger charge is -2.38. The Bertz CT molecular complexity index is 997. The smallest absolute Gasteiger partial charge is 0.374 e. The summed E-state index contributed by atoms with van der Waals surface area (Å²) in [6.07, 6.45) is -2.34. The zero-order valence-corrected chi connectivity index (χ0v) is 18.2. The first-order valence-corrected chi connectivity index (χ1v) is 11.1. The second kappa shape index (κ2) is 9.65. The summed E-state index contributed by atoms with van der Waals surface area (Å²) in [6, 6.07) is 10.6. The van der Waals surface area contributed by atoms with Crippen molar-refractivity contribution < 1.29 is 22.3 Å². The second-order valence-corrected chi connectivity index (χ2v) is 8.79. The Morgan fingerprint density at radius 1 is 1.18 bits per heavy atom. The number of pyridine rings is 1. The van der Waals surface area contributed by atoms with Crippen LogP contribution in [0.2, 0.25) is 0 Å². The van der Waals surface area contributed by atoms with Crippen LogP contribution in [0.15, 0.2) is 36.4 Å². The van der Waals surface area contributed by atoms with E-state index in [1.807, 2.05) is 0 Å². The van der Waals surface area contributed by atoms with Crippen LogP contribution in [-0.2, 0) is 22.9 Å². The molecule has 0 spiro atoms. The Hall–Kier alpha value is -2.70. The molecule has 2 aliphatic rings. The molecule has 33 heavy (non-hydrogen) atoms. The minimum absolute atomic E-state index is 0.0667. The third-order valence-corrected chi connectivity index (χ3v) is 6.53. The molecule has 3 heterocycles. The van der Waals surface area contributed by atoms with E-state index >= 15 is 0 Å². The Kier molecular flexibility index (Phi) is 6.86. The molecule has 1 atom stereocenters. The molecule has 0 amide bonds. The van der Waals surface area contributed by atoms with Crippen molar-refractivity contribution in [1.82, 2.24) is 10.3 Å². The zero-order valence-electron chi connectivity index (χ0n) is 18.2. The van der Waals surface area contributed by atoms with Gasteiger partial charge in [-0.1, -0.05) is 12.1 Å². The lowest BCUT2D eigenvalue weighted by Crippen LogP contribution is -2.43. The van der Waals surface area contributed by atoms with Crippen molar-refractivity contribution >= 4 is 5.82 Å². The topological polar surface area (TPSA) is 61.2 Å². The first-order valence-electron chi connectivity index (χ1n) is 11.1. The minimum atomic E-state index is -4.51. The molecule has 1 unspecified atom stereocenters. The van der Waals surface area contributed by atoms with Gasteiger partial charge in [0.1, 0.15) is 11.6 Å². The van der Waals surface area contributed by atoms with Crippen LogP contribution in [0, 0.1) is 23.1 Å². The molecule has 2 aromatic rings. The third kappa shape index (κ3) is 5.45. The predicted octanol–water partition coefficient (Wildman–Crippen LogP) is 4.43. The molecule has 2 fully saturated rings. The number of hydrogen-bond acceptors (Lipinski definition) is 5.